The van der Waals surface area contributed by atoms with Gasteiger partial charge in [0.15, 0.2) is 11.6 Å². The highest BCUT2D eigenvalue weighted by Gasteiger charge is 2.28. The van der Waals surface area contributed by atoms with Gasteiger partial charge in [-0.3, -0.25) is 0 Å². The van der Waals surface area contributed by atoms with Gasteiger partial charge >= 0.3 is 6.01 Å². The number of terminal acetylenes is 1. The molecule has 0 saturated carbocycles. The molecule has 1 aliphatic heterocycles. The number of fused-ring (bicyclic) bond motifs is 5. The number of halogens is 1. The average molecular weight is 479 g/mol. The van der Waals surface area contributed by atoms with Crippen LogP contribution in [0.4, 0.5) is 10.2 Å². The van der Waals surface area contributed by atoms with Crippen molar-refractivity contribution in [3.63, 3.8) is 0 Å². The van der Waals surface area contributed by atoms with Crippen LogP contribution in [-0.4, -0.2) is 36.1 Å². The quantitative estimate of drug-likeness (QED) is 0.384. The minimum atomic E-state index is -0.591. The lowest BCUT2D eigenvalue weighted by atomic mass is 9.99. The predicted octanol–water partition coefficient (Wildman–Crippen LogP) is 4.15. The van der Waals surface area contributed by atoms with E-state index in [1.165, 1.54) is 18.5 Å². The van der Waals surface area contributed by atoms with E-state index >= 15 is 4.39 Å². The molecule has 0 aliphatic carbocycles. The van der Waals surface area contributed by atoms with E-state index in [2.05, 4.69) is 30.8 Å². The largest absolute Gasteiger partial charge is 0.475 e. The molecular formula is C26H18FN7O2. The Morgan fingerprint density at radius 1 is 1.14 bits per heavy atom. The highest BCUT2D eigenvalue weighted by molar-refractivity contribution is 6.08. The molecule has 0 spiro atoms. The molecule has 36 heavy (non-hydrogen) atoms. The van der Waals surface area contributed by atoms with E-state index in [0.717, 1.165) is 5.69 Å². The predicted molar refractivity (Wildman–Crippen MR) is 131 cm³/mol. The minimum absolute atomic E-state index is 0.00719. The average Bonchev–Trinajstić information content (AvgIpc) is 3.09. The summed E-state index contributed by atoms with van der Waals surface area (Å²) in [5.41, 5.74) is 10.7. The topological polar surface area (TPSA) is 114 Å². The Morgan fingerprint density at radius 2 is 2.03 bits per heavy atom. The van der Waals surface area contributed by atoms with Gasteiger partial charge in [0.1, 0.15) is 30.1 Å². The fraction of sp³-hybridized carbons (Fsp3) is 0.115. The highest BCUT2D eigenvalue weighted by Crippen LogP contribution is 2.46. The summed E-state index contributed by atoms with van der Waals surface area (Å²) in [5, 5.41) is 0.608. The third kappa shape index (κ3) is 3.45. The van der Waals surface area contributed by atoms with Crippen LogP contribution >= 0.6 is 0 Å². The standard InChI is InChI=1S/C26H18FN7O2/c1-3-16-5-6-17-22-20(15-4-7-19(18(27)12-15)36-26-29-9-8-14(2)32-26)21-23(28)30-13-31-24(21)34(22)10-11-35-25(17)33-16/h1,4-9,12-13H,10-11H2,2H3,(H2,28,30,31). The number of hydrogen-bond donors (Lipinski definition) is 1. The van der Waals surface area contributed by atoms with Crippen molar-refractivity contribution in [3.05, 3.63) is 66.1 Å². The Hall–Kier alpha value is -5.04. The van der Waals surface area contributed by atoms with Gasteiger partial charge in [0, 0.05) is 17.5 Å². The van der Waals surface area contributed by atoms with Crippen molar-refractivity contribution in [2.45, 2.75) is 13.5 Å². The maximum absolute atomic E-state index is 15.3. The molecule has 0 radical (unpaired) electrons. The van der Waals surface area contributed by atoms with E-state index in [1.807, 2.05) is 10.6 Å². The Morgan fingerprint density at radius 3 is 2.83 bits per heavy atom. The molecule has 0 bridgehead atoms. The van der Waals surface area contributed by atoms with Gasteiger partial charge < -0.3 is 19.8 Å². The Kier molecular flexibility index (Phi) is 4.97. The van der Waals surface area contributed by atoms with Crippen LogP contribution < -0.4 is 15.2 Å². The number of nitrogen functional groups attached to an aromatic ring is 1. The first kappa shape index (κ1) is 21.5. The zero-order chi connectivity index (χ0) is 24.8. The van der Waals surface area contributed by atoms with Crippen molar-refractivity contribution in [2.75, 3.05) is 12.3 Å². The molecule has 5 heterocycles. The summed E-state index contributed by atoms with van der Waals surface area (Å²) in [6.45, 7) is 2.61. The fourth-order valence-electron chi connectivity index (χ4n) is 4.33. The van der Waals surface area contributed by atoms with Crippen LogP contribution in [0.5, 0.6) is 17.6 Å². The monoisotopic (exact) mass is 479 g/mol. The third-order valence-corrected chi connectivity index (χ3v) is 5.88. The lowest BCUT2D eigenvalue weighted by molar-refractivity contribution is 0.297. The van der Waals surface area contributed by atoms with Crippen molar-refractivity contribution >= 4 is 16.9 Å². The van der Waals surface area contributed by atoms with Crippen molar-refractivity contribution < 1.29 is 13.9 Å². The zero-order valence-corrected chi connectivity index (χ0v) is 19.1. The Labute approximate surface area is 204 Å². The number of aromatic nitrogens is 6. The summed E-state index contributed by atoms with van der Waals surface area (Å²) in [6, 6.07) is 10.00. The second kappa shape index (κ2) is 8.32. The molecule has 0 saturated heterocycles. The van der Waals surface area contributed by atoms with Crippen LogP contribution in [0.25, 0.3) is 33.4 Å². The van der Waals surface area contributed by atoms with E-state index in [4.69, 9.17) is 21.6 Å². The van der Waals surface area contributed by atoms with E-state index in [0.29, 0.717) is 58.1 Å². The lowest BCUT2D eigenvalue weighted by Crippen LogP contribution is -2.06. The van der Waals surface area contributed by atoms with Crippen LogP contribution in [0.3, 0.4) is 0 Å². The summed E-state index contributed by atoms with van der Waals surface area (Å²) in [4.78, 5) is 21.3. The molecule has 1 aliphatic rings. The highest BCUT2D eigenvalue weighted by atomic mass is 19.1. The molecule has 176 valence electrons. The van der Waals surface area contributed by atoms with Gasteiger partial charge in [-0.15, -0.1) is 6.42 Å². The normalized spacial score (nSPS) is 12.2. The van der Waals surface area contributed by atoms with Gasteiger partial charge in [0.25, 0.3) is 0 Å². The van der Waals surface area contributed by atoms with E-state index < -0.39 is 5.82 Å². The van der Waals surface area contributed by atoms with Gasteiger partial charge in [0.05, 0.1) is 23.2 Å². The summed E-state index contributed by atoms with van der Waals surface area (Å²) in [7, 11) is 0. The van der Waals surface area contributed by atoms with Gasteiger partial charge in [-0.1, -0.05) is 12.0 Å². The molecule has 9 nitrogen and oxygen atoms in total. The Bertz CT molecular complexity index is 1710. The molecule has 5 aromatic rings. The smallest absolute Gasteiger partial charge is 0.322 e. The number of anilines is 1. The molecule has 0 unspecified atom stereocenters. The second-order valence-corrected chi connectivity index (χ2v) is 8.10. The van der Waals surface area contributed by atoms with Gasteiger partial charge in [-0.25, -0.2) is 29.3 Å². The van der Waals surface area contributed by atoms with Crippen molar-refractivity contribution in [1.82, 2.24) is 29.5 Å². The number of ether oxygens (including phenoxy) is 2. The fourth-order valence-corrected chi connectivity index (χ4v) is 4.33. The first-order valence-electron chi connectivity index (χ1n) is 11.0. The lowest BCUT2D eigenvalue weighted by Gasteiger charge is -2.11. The van der Waals surface area contributed by atoms with Crippen LogP contribution in [0, 0.1) is 25.1 Å². The number of hydrogen-bond acceptors (Lipinski definition) is 8. The first-order valence-corrected chi connectivity index (χ1v) is 11.0. The number of aryl methyl sites for hydroxylation is 1. The number of rotatable bonds is 3. The molecule has 0 fully saturated rings. The number of nitrogens with zero attached hydrogens (tertiary/aromatic N) is 6. The molecule has 6 rings (SSSR count). The summed E-state index contributed by atoms with van der Waals surface area (Å²) >= 11 is 0. The van der Waals surface area contributed by atoms with Crippen LogP contribution in [-0.2, 0) is 6.54 Å². The molecule has 1 aromatic carbocycles. The maximum Gasteiger partial charge on any atom is 0.322 e. The maximum atomic E-state index is 15.3. The molecule has 0 atom stereocenters. The van der Waals surface area contributed by atoms with Crippen LogP contribution in [0.1, 0.15) is 11.4 Å². The zero-order valence-electron chi connectivity index (χ0n) is 19.1. The van der Waals surface area contributed by atoms with Crippen molar-refractivity contribution in [3.8, 4) is 52.4 Å². The molecule has 4 aromatic heterocycles. The molecular weight excluding hydrogens is 461 g/mol. The van der Waals surface area contributed by atoms with E-state index in [1.54, 1.807) is 31.3 Å². The molecule has 10 heteroatoms. The van der Waals surface area contributed by atoms with Gasteiger partial charge in [-0.2, -0.15) is 0 Å². The number of benzene rings is 1. The molecule has 0 amide bonds. The number of nitrogens with two attached hydrogens (primary N) is 1. The summed E-state index contributed by atoms with van der Waals surface area (Å²) < 4.78 is 28.8. The summed E-state index contributed by atoms with van der Waals surface area (Å²) in [5.74, 6) is 2.59. The Balaban J connectivity index is 1.57. The first-order chi connectivity index (χ1) is 17.5. The van der Waals surface area contributed by atoms with Crippen molar-refractivity contribution in [1.29, 1.82) is 0 Å². The van der Waals surface area contributed by atoms with Gasteiger partial charge in [0.2, 0.25) is 5.88 Å². The number of pyridine rings is 1. The minimum Gasteiger partial charge on any atom is -0.475 e. The van der Waals surface area contributed by atoms with Crippen LogP contribution in [0.2, 0.25) is 0 Å². The van der Waals surface area contributed by atoms with Crippen LogP contribution in [0.15, 0.2) is 48.9 Å². The van der Waals surface area contributed by atoms with E-state index in [-0.39, 0.29) is 17.6 Å². The van der Waals surface area contributed by atoms with Crippen molar-refractivity contribution in [2.24, 2.45) is 0 Å². The third-order valence-electron chi connectivity index (χ3n) is 5.88. The van der Waals surface area contributed by atoms with E-state index in [9.17, 15) is 0 Å². The molecule has 2 N–H and O–H groups in total. The SMILES string of the molecule is C#Cc1ccc2c(n1)OCCn1c-2c(-c2ccc(Oc3nccc(C)n3)c(F)c2)c2c(N)ncnc21. The summed E-state index contributed by atoms with van der Waals surface area (Å²) in [6.07, 6.45) is 8.50. The van der Waals surface area contributed by atoms with Gasteiger partial charge in [-0.05, 0) is 42.8 Å². The second-order valence-electron chi connectivity index (χ2n) is 8.10.